The lowest BCUT2D eigenvalue weighted by Gasteiger charge is -2.21. The molecule has 0 aliphatic heterocycles. The summed E-state index contributed by atoms with van der Waals surface area (Å²) >= 11 is 0. The number of carbonyl (C=O) groups excluding carboxylic acids is 1. The maximum atomic E-state index is 12.8. The topological polar surface area (TPSA) is 108 Å². The van der Waals surface area contributed by atoms with Crippen molar-refractivity contribution in [2.45, 2.75) is 32.7 Å². The quantitative estimate of drug-likeness (QED) is 0.529. The van der Waals surface area contributed by atoms with E-state index in [-0.39, 0.29) is 23.4 Å². The fraction of sp³-hybridized carbons (Fsp3) is 0.250. The van der Waals surface area contributed by atoms with Crippen molar-refractivity contribution >= 4 is 21.6 Å². The van der Waals surface area contributed by atoms with Crippen molar-refractivity contribution < 1.29 is 13.2 Å². The second kappa shape index (κ2) is 9.10. The largest absolute Gasteiger partial charge is 0.329 e. The number of nitrogens with one attached hydrogen (secondary N) is 3. The van der Waals surface area contributed by atoms with E-state index in [0.717, 1.165) is 22.9 Å². The summed E-state index contributed by atoms with van der Waals surface area (Å²) in [7, 11) is -3.29. The van der Waals surface area contributed by atoms with Gasteiger partial charge in [-0.2, -0.15) is 0 Å². The first-order valence-corrected chi connectivity index (χ1v) is 12.0. The molecule has 0 unspecified atom stereocenters. The number of amides is 1. The molecule has 1 amide bonds. The highest BCUT2D eigenvalue weighted by atomic mass is 32.2. The standard InChI is InChI=1S/C24H27N3O4S/c1-24(2,3)19-12-18(21-6-5-11-25-23(21)29)13-20(14-19)27-22(28)17-9-7-16(8-10-17)15-26-32(4,30)31/h5-14,26H,15H2,1-4H3,(H,25,29)(H,27,28). The molecule has 0 aliphatic carbocycles. The summed E-state index contributed by atoms with van der Waals surface area (Å²) in [6.07, 6.45) is 2.68. The molecule has 0 aliphatic rings. The lowest BCUT2D eigenvalue weighted by Crippen LogP contribution is -2.21. The van der Waals surface area contributed by atoms with Gasteiger partial charge in [-0.25, -0.2) is 13.1 Å². The molecule has 1 aromatic heterocycles. The molecule has 3 aromatic rings. The first-order valence-electron chi connectivity index (χ1n) is 10.1. The van der Waals surface area contributed by atoms with Gasteiger partial charge in [-0.05, 0) is 58.5 Å². The minimum atomic E-state index is -3.29. The van der Waals surface area contributed by atoms with Crippen LogP contribution in [0.3, 0.4) is 0 Å². The van der Waals surface area contributed by atoms with Crippen LogP contribution in [-0.4, -0.2) is 25.6 Å². The highest BCUT2D eigenvalue weighted by molar-refractivity contribution is 7.88. The summed E-state index contributed by atoms with van der Waals surface area (Å²) in [6.45, 7) is 6.35. The summed E-state index contributed by atoms with van der Waals surface area (Å²) < 4.78 is 24.9. The predicted molar refractivity (Wildman–Crippen MR) is 127 cm³/mol. The molecule has 2 aromatic carbocycles. The van der Waals surface area contributed by atoms with Crippen LogP contribution in [0.5, 0.6) is 0 Å². The number of anilines is 1. The van der Waals surface area contributed by atoms with E-state index in [1.54, 1.807) is 48.7 Å². The van der Waals surface area contributed by atoms with Crippen molar-refractivity contribution in [1.29, 1.82) is 0 Å². The summed E-state index contributed by atoms with van der Waals surface area (Å²) in [5.41, 5.74) is 3.60. The molecule has 32 heavy (non-hydrogen) atoms. The molecular weight excluding hydrogens is 426 g/mol. The Morgan fingerprint density at radius 3 is 2.31 bits per heavy atom. The summed E-state index contributed by atoms with van der Waals surface area (Å²) in [5, 5.41) is 2.91. The van der Waals surface area contributed by atoms with Crippen molar-refractivity contribution in [3.63, 3.8) is 0 Å². The van der Waals surface area contributed by atoms with Gasteiger partial charge >= 0.3 is 0 Å². The Morgan fingerprint density at radius 2 is 1.72 bits per heavy atom. The molecule has 0 spiro atoms. The van der Waals surface area contributed by atoms with Gasteiger partial charge in [0.15, 0.2) is 0 Å². The maximum Gasteiger partial charge on any atom is 0.255 e. The Balaban J connectivity index is 1.88. The number of carbonyl (C=O) groups is 1. The number of pyridine rings is 1. The van der Waals surface area contributed by atoms with Gasteiger partial charge in [0, 0.05) is 29.6 Å². The van der Waals surface area contributed by atoms with Crippen molar-refractivity contribution in [1.82, 2.24) is 9.71 Å². The smallest absolute Gasteiger partial charge is 0.255 e. The van der Waals surface area contributed by atoms with Crippen LogP contribution in [-0.2, 0) is 22.0 Å². The Bertz CT molecular complexity index is 1290. The van der Waals surface area contributed by atoms with Crippen LogP contribution >= 0.6 is 0 Å². The van der Waals surface area contributed by atoms with Crippen LogP contribution in [0.25, 0.3) is 11.1 Å². The average Bonchev–Trinajstić information content (AvgIpc) is 2.71. The van der Waals surface area contributed by atoms with E-state index in [1.165, 1.54) is 0 Å². The summed E-state index contributed by atoms with van der Waals surface area (Å²) in [5.74, 6) is -0.299. The van der Waals surface area contributed by atoms with Gasteiger partial charge in [-0.1, -0.05) is 39.0 Å². The number of aromatic amines is 1. The Kier molecular flexibility index (Phi) is 6.66. The van der Waals surface area contributed by atoms with Crippen LogP contribution in [0, 0.1) is 0 Å². The molecule has 0 radical (unpaired) electrons. The molecule has 168 valence electrons. The van der Waals surface area contributed by atoms with Crippen molar-refractivity contribution in [2.75, 3.05) is 11.6 Å². The number of rotatable bonds is 6. The molecular formula is C24H27N3O4S. The molecule has 0 saturated heterocycles. The number of hydrogen-bond acceptors (Lipinski definition) is 4. The second-order valence-corrected chi connectivity index (χ2v) is 10.5. The Morgan fingerprint density at radius 1 is 1.03 bits per heavy atom. The van der Waals surface area contributed by atoms with E-state index in [0.29, 0.717) is 16.8 Å². The minimum absolute atomic E-state index is 0.156. The van der Waals surface area contributed by atoms with Gasteiger partial charge in [0.2, 0.25) is 10.0 Å². The molecule has 8 heteroatoms. The van der Waals surface area contributed by atoms with E-state index < -0.39 is 10.0 Å². The zero-order valence-electron chi connectivity index (χ0n) is 18.5. The zero-order chi connectivity index (χ0) is 23.5. The third-order valence-corrected chi connectivity index (χ3v) is 5.61. The Labute approximate surface area is 188 Å². The van der Waals surface area contributed by atoms with Crippen LogP contribution in [0.15, 0.2) is 65.6 Å². The van der Waals surface area contributed by atoms with Crippen LogP contribution in [0.2, 0.25) is 0 Å². The van der Waals surface area contributed by atoms with E-state index in [9.17, 15) is 18.0 Å². The molecule has 1 heterocycles. The first kappa shape index (κ1) is 23.4. The molecule has 7 nitrogen and oxygen atoms in total. The van der Waals surface area contributed by atoms with E-state index in [2.05, 4.69) is 35.8 Å². The number of benzene rings is 2. The van der Waals surface area contributed by atoms with E-state index >= 15 is 0 Å². The molecule has 0 fully saturated rings. The fourth-order valence-corrected chi connectivity index (χ4v) is 3.56. The van der Waals surface area contributed by atoms with Gasteiger partial charge < -0.3 is 10.3 Å². The highest BCUT2D eigenvalue weighted by Gasteiger charge is 2.18. The predicted octanol–water partition coefficient (Wildman–Crippen LogP) is 3.64. The van der Waals surface area contributed by atoms with Crippen molar-refractivity contribution in [3.05, 3.63) is 87.8 Å². The van der Waals surface area contributed by atoms with Crippen molar-refractivity contribution in [3.8, 4) is 11.1 Å². The van der Waals surface area contributed by atoms with Gasteiger partial charge in [-0.15, -0.1) is 0 Å². The van der Waals surface area contributed by atoms with Crippen molar-refractivity contribution in [2.24, 2.45) is 0 Å². The average molecular weight is 454 g/mol. The van der Waals surface area contributed by atoms with Crippen LogP contribution in [0.1, 0.15) is 42.3 Å². The lowest BCUT2D eigenvalue weighted by molar-refractivity contribution is 0.102. The van der Waals surface area contributed by atoms with Crippen LogP contribution < -0.4 is 15.6 Å². The zero-order valence-corrected chi connectivity index (χ0v) is 19.3. The SMILES string of the molecule is CC(C)(C)c1cc(NC(=O)c2ccc(CNS(C)(=O)=O)cc2)cc(-c2ccc[nH]c2=O)c1. The second-order valence-electron chi connectivity index (χ2n) is 8.71. The summed E-state index contributed by atoms with van der Waals surface area (Å²) in [4.78, 5) is 27.8. The fourth-order valence-electron chi connectivity index (χ4n) is 3.13. The van der Waals surface area contributed by atoms with Gasteiger partial charge in [0.1, 0.15) is 0 Å². The monoisotopic (exact) mass is 453 g/mol. The summed E-state index contributed by atoms with van der Waals surface area (Å²) in [6, 6.07) is 15.8. The third kappa shape index (κ3) is 6.15. The van der Waals surface area contributed by atoms with Gasteiger partial charge in [0.25, 0.3) is 11.5 Å². The minimum Gasteiger partial charge on any atom is -0.329 e. The highest BCUT2D eigenvalue weighted by Crippen LogP contribution is 2.30. The molecule has 0 saturated carbocycles. The van der Waals surface area contributed by atoms with E-state index in [4.69, 9.17) is 0 Å². The molecule has 0 atom stereocenters. The third-order valence-electron chi connectivity index (χ3n) is 4.94. The molecule has 3 rings (SSSR count). The normalized spacial score (nSPS) is 11.9. The number of hydrogen-bond donors (Lipinski definition) is 3. The maximum absolute atomic E-state index is 12.8. The first-order chi connectivity index (χ1) is 14.9. The number of sulfonamides is 1. The number of H-pyrrole nitrogens is 1. The van der Waals surface area contributed by atoms with E-state index in [1.807, 2.05) is 12.1 Å². The molecule has 3 N–H and O–H groups in total. The van der Waals surface area contributed by atoms with Gasteiger partial charge in [0.05, 0.1) is 6.26 Å². The lowest BCUT2D eigenvalue weighted by atomic mass is 9.85. The Hall–Kier alpha value is -3.23. The number of aromatic nitrogens is 1. The van der Waals surface area contributed by atoms with Gasteiger partial charge in [-0.3, -0.25) is 9.59 Å². The molecule has 0 bridgehead atoms. The van der Waals surface area contributed by atoms with Crippen LogP contribution in [0.4, 0.5) is 5.69 Å².